The molecule has 0 aliphatic heterocycles. The Balaban J connectivity index is 2.86. The molecular weight excluding hydrogens is 355 g/mol. The maximum absolute atomic E-state index is 13.5. The maximum Gasteiger partial charge on any atom is 0.170 e. The molecule has 0 saturated carbocycles. The first-order valence-electron chi connectivity index (χ1n) is 3.27. The van der Waals surface area contributed by atoms with Crippen molar-refractivity contribution in [2.24, 2.45) is 0 Å². The minimum Gasteiger partial charge on any atom is -0.239 e. The van der Waals surface area contributed by atoms with E-state index in [1.165, 1.54) is 0 Å². The molecule has 1 atom stereocenters. The van der Waals surface area contributed by atoms with Gasteiger partial charge in [0.15, 0.2) is 8.31 Å². The third-order valence-electron chi connectivity index (χ3n) is 1.38. The van der Waals surface area contributed by atoms with Crippen LogP contribution in [0.25, 0.3) is 0 Å². The number of halogens is 4. The molecule has 0 aliphatic rings. The van der Waals surface area contributed by atoms with Gasteiger partial charge in [0.2, 0.25) is 0 Å². The van der Waals surface area contributed by atoms with Crippen molar-refractivity contribution in [3.63, 3.8) is 0 Å². The van der Waals surface area contributed by atoms with Crippen LogP contribution >= 0.6 is 47.8 Å². The zero-order valence-electron chi connectivity index (χ0n) is 5.98. The van der Waals surface area contributed by atoms with E-state index < -0.39 is 8.31 Å². The third-order valence-corrected chi connectivity index (χ3v) is 2.59. The zero-order valence-corrected chi connectivity index (χ0v) is 10.7. The van der Waals surface area contributed by atoms with Crippen molar-refractivity contribution in [3.05, 3.63) is 35.9 Å². The second kappa shape index (κ2) is 4.20. The highest BCUT2D eigenvalue weighted by atomic mass is 80.0. The molecule has 0 N–H and O–H groups in total. The lowest BCUT2D eigenvalue weighted by molar-refractivity contribution is 0.365. The minimum atomic E-state index is -1.13. The van der Waals surface area contributed by atoms with Gasteiger partial charge in [0.25, 0.3) is 0 Å². The molecule has 0 fully saturated rings. The van der Waals surface area contributed by atoms with Crippen molar-refractivity contribution in [1.82, 2.24) is 0 Å². The van der Waals surface area contributed by atoms with Crippen LogP contribution in [0.3, 0.4) is 0 Å². The minimum absolute atomic E-state index is 0.628. The van der Waals surface area contributed by atoms with E-state index in [9.17, 15) is 4.39 Å². The molecule has 1 aromatic carbocycles. The summed E-state index contributed by atoms with van der Waals surface area (Å²) in [6.07, 6.45) is -1.13. The first-order valence-corrected chi connectivity index (χ1v) is 5.65. The summed E-state index contributed by atoms with van der Waals surface area (Å²) in [6.45, 7) is 0. The third kappa shape index (κ3) is 2.82. The predicted octanol–water partition coefficient (Wildman–Crippen LogP) is 4.54. The fraction of sp³-hybridized carbons (Fsp3) is 0.250. The van der Waals surface area contributed by atoms with Crippen LogP contribution in [0.1, 0.15) is 11.7 Å². The summed E-state index contributed by atoms with van der Waals surface area (Å²) in [6, 6.07) is 8.95. The molecule has 1 rings (SSSR count). The lowest BCUT2D eigenvalue weighted by atomic mass is 10.1. The molecule has 0 aromatic heterocycles. The van der Waals surface area contributed by atoms with Crippen molar-refractivity contribution in [2.45, 2.75) is 8.31 Å². The summed E-state index contributed by atoms with van der Waals surface area (Å²) in [5.74, 6) is 0. The molecule has 0 radical (unpaired) electrons. The highest BCUT2D eigenvalue weighted by Gasteiger charge is 2.31. The normalized spacial score (nSPS) is 14.3. The number of hydrogen-bond acceptors (Lipinski definition) is 0. The second-order valence-electron chi connectivity index (χ2n) is 2.31. The monoisotopic (exact) mass is 358 g/mol. The van der Waals surface area contributed by atoms with Gasteiger partial charge in [-0.3, -0.25) is 0 Å². The first-order chi connectivity index (χ1) is 5.52. The number of alkyl halides is 4. The Morgan fingerprint density at radius 3 is 2.00 bits per heavy atom. The molecule has 0 aliphatic carbocycles. The molecule has 0 heterocycles. The topological polar surface area (TPSA) is 0 Å². The largest absolute Gasteiger partial charge is 0.239 e. The van der Waals surface area contributed by atoms with Crippen LogP contribution in [0.15, 0.2) is 30.3 Å². The molecule has 0 nitrogen and oxygen atoms in total. The molecule has 12 heavy (non-hydrogen) atoms. The molecule has 0 bridgehead atoms. The Morgan fingerprint density at radius 2 is 1.58 bits per heavy atom. The van der Waals surface area contributed by atoms with E-state index in [-0.39, 0.29) is 0 Å². The van der Waals surface area contributed by atoms with Gasteiger partial charge in [0, 0.05) is 0 Å². The lowest BCUT2D eigenvalue weighted by Crippen LogP contribution is -2.09. The van der Waals surface area contributed by atoms with Crippen molar-refractivity contribution in [1.29, 1.82) is 0 Å². The Bertz CT molecular complexity index is 242. The standard InChI is InChI=1S/C8H6Br3F/c9-8(10,11)7(12)6-4-2-1-3-5-6/h1-5,7H. The Labute approximate surface area is 95.9 Å². The molecule has 0 saturated heterocycles. The van der Waals surface area contributed by atoms with Crippen LogP contribution in [0.4, 0.5) is 4.39 Å². The maximum atomic E-state index is 13.5. The predicted molar refractivity (Wildman–Crippen MR) is 59.8 cm³/mol. The van der Waals surface area contributed by atoms with Gasteiger partial charge in [-0.25, -0.2) is 4.39 Å². The Kier molecular flexibility index (Phi) is 3.74. The van der Waals surface area contributed by atoms with E-state index in [0.717, 1.165) is 0 Å². The van der Waals surface area contributed by atoms with Crippen LogP contribution in [0.2, 0.25) is 0 Å². The van der Waals surface area contributed by atoms with Crippen LogP contribution in [0.5, 0.6) is 0 Å². The van der Waals surface area contributed by atoms with Crippen LogP contribution in [0, 0.1) is 0 Å². The van der Waals surface area contributed by atoms with Gasteiger partial charge < -0.3 is 0 Å². The summed E-state index contributed by atoms with van der Waals surface area (Å²) in [5.41, 5.74) is 0.628. The molecule has 0 spiro atoms. The van der Waals surface area contributed by atoms with Gasteiger partial charge in [0.1, 0.15) is 0 Å². The van der Waals surface area contributed by atoms with E-state index in [0.29, 0.717) is 5.56 Å². The second-order valence-corrected chi connectivity index (χ2v) is 9.26. The zero-order chi connectivity index (χ0) is 9.19. The smallest absolute Gasteiger partial charge is 0.170 e. The summed E-state index contributed by atoms with van der Waals surface area (Å²) in [4.78, 5) is 0. The van der Waals surface area contributed by atoms with Crippen LogP contribution in [-0.2, 0) is 0 Å². The van der Waals surface area contributed by atoms with Crippen molar-refractivity contribution in [2.75, 3.05) is 0 Å². The van der Waals surface area contributed by atoms with Crippen LogP contribution in [-0.4, -0.2) is 2.14 Å². The molecular formula is C8H6Br3F. The fourth-order valence-corrected chi connectivity index (χ4v) is 1.60. The first kappa shape index (κ1) is 10.7. The van der Waals surface area contributed by atoms with Crippen molar-refractivity contribution >= 4 is 47.8 Å². The fourth-order valence-electron chi connectivity index (χ4n) is 0.811. The van der Waals surface area contributed by atoms with Gasteiger partial charge in [-0.1, -0.05) is 78.1 Å². The molecule has 0 amide bonds. The summed E-state index contributed by atoms with van der Waals surface area (Å²) >= 11 is 9.42. The summed E-state index contributed by atoms with van der Waals surface area (Å²) in [7, 11) is 0. The molecule has 1 unspecified atom stereocenters. The summed E-state index contributed by atoms with van der Waals surface area (Å²) < 4.78 is 12.6. The SMILES string of the molecule is FC(c1ccccc1)C(Br)(Br)Br. The van der Waals surface area contributed by atoms with E-state index in [1.807, 2.05) is 6.07 Å². The molecule has 66 valence electrons. The number of benzene rings is 1. The van der Waals surface area contributed by atoms with Crippen LogP contribution < -0.4 is 0 Å². The van der Waals surface area contributed by atoms with Crippen molar-refractivity contribution < 1.29 is 4.39 Å². The Hall–Kier alpha value is 0.590. The summed E-state index contributed by atoms with van der Waals surface area (Å²) in [5, 5.41) is 0. The number of rotatable bonds is 1. The van der Waals surface area contributed by atoms with Gasteiger partial charge in [0.05, 0.1) is 0 Å². The highest BCUT2D eigenvalue weighted by molar-refractivity contribution is 9.39. The van der Waals surface area contributed by atoms with Gasteiger partial charge >= 0.3 is 0 Å². The average molecular weight is 361 g/mol. The van der Waals surface area contributed by atoms with Gasteiger partial charge in [-0.05, 0) is 5.56 Å². The van der Waals surface area contributed by atoms with Gasteiger partial charge in [-0.2, -0.15) is 0 Å². The number of hydrogen-bond donors (Lipinski definition) is 0. The molecule has 1 aromatic rings. The average Bonchev–Trinajstić information content (AvgIpc) is 2.03. The molecule has 4 heteroatoms. The van der Waals surface area contributed by atoms with E-state index >= 15 is 0 Å². The Morgan fingerprint density at radius 1 is 1.08 bits per heavy atom. The highest BCUT2D eigenvalue weighted by Crippen LogP contribution is 2.47. The van der Waals surface area contributed by atoms with Crippen molar-refractivity contribution in [3.8, 4) is 0 Å². The quantitative estimate of drug-likeness (QED) is 0.645. The van der Waals surface area contributed by atoms with E-state index in [4.69, 9.17) is 0 Å². The lowest BCUT2D eigenvalue weighted by Gasteiger charge is -2.17. The van der Waals surface area contributed by atoms with E-state index in [2.05, 4.69) is 47.8 Å². The van der Waals surface area contributed by atoms with E-state index in [1.54, 1.807) is 24.3 Å². The van der Waals surface area contributed by atoms with Gasteiger partial charge in [-0.15, -0.1) is 0 Å².